The molecule has 2 rings (SSSR count). The molecule has 1 fully saturated rings. The molecule has 2 atom stereocenters. The topological polar surface area (TPSA) is 111 Å². The van der Waals surface area contributed by atoms with Crippen molar-refractivity contribution in [2.75, 3.05) is 13.2 Å². The quantitative estimate of drug-likeness (QED) is 0.621. The number of carbonyl (C=O) groups is 1. The lowest BCUT2D eigenvalue weighted by Gasteiger charge is -2.25. The molecule has 154 valence electrons. The summed E-state index contributed by atoms with van der Waals surface area (Å²) in [7, 11) is -3.57. The van der Waals surface area contributed by atoms with Crippen molar-refractivity contribution >= 4 is 28.3 Å². The SMILES string of the molecule is CC(C)(C)[C@H](N)C(=O)NCc1ccc(S(=O)(=O)NCC2CCCO2)cc1.Cl. The molecular weight excluding hydrogens is 390 g/mol. The van der Waals surface area contributed by atoms with Crippen molar-refractivity contribution in [3.8, 4) is 0 Å². The Kier molecular flexibility index (Phi) is 8.69. The van der Waals surface area contributed by atoms with Gasteiger partial charge in [-0.2, -0.15) is 0 Å². The average molecular weight is 420 g/mol. The summed E-state index contributed by atoms with van der Waals surface area (Å²) in [6.45, 7) is 6.98. The fourth-order valence-electron chi connectivity index (χ4n) is 2.57. The zero-order chi connectivity index (χ0) is 19.4. The van der Waals surface area contributed by atoms with Crippen LogP contribution in [0, 0.1) is 5.41 Å². The van der Waals surface area contributed by atoms with Gasteiger partial charge in [-0.3, -0.25) is 4.79 Å². The van der Waals surface area contributed by atoms with E-state index in [1.807, 2.05) is 20.8 Å². The predicted octanol–water partition coefficient (Wildman–Crippen LogP) is 1.56. The molecule has 1 amide bonds. The Morgan fingerprint density at radius 2 is 1.93 bits per heavy atom. The van der Waals surface area contributed by atoms with Crippen molar-refractivity contribution in [1.29, 1.82) is 0 Å². The Balaban J connectivity index is 0.00000364. The molecule has 1 heterocycles. The number of nitrogens with two attached hydrogens (primary N) is 1. The van der Waals surface area contributed by atoms with E-state index in [-0.39, 0.29) is 41.3 Å². The van der Waals surface area contributed by atoms with Gasteiger partial charge in [0.25, 0.3) is 0 Å². The van der Waals surface area contributed by atoms with Crippen LogP contribution < -0.4 is 15.8 Å². The van der Waals surface area contributed by atoms with Gasteiger partial charge in [-0.15, -0.1) is 12.4 Å². The minimum absolute atomic E-state index is 0. The minimum Gasteiger partial charge on any atom is -0.377 e. The fourth-order valence-corrected chi connectivity index (χ4v) is 3.64. The Labute approximate surface area is 167 Å². The van der Waals surface area contributed by atoms with Crippen LogP contribution in [0.15, 0.2) is 29.2 Å². The maximum atomic E-state index is 12.3. The average Bonchev–Trinajstić information content (AvgIpc) is 3.10. The van der Waals surface area contributed by atoms with E-state index in [1.54, 1.807) is 12.1 Å². The van der Waals surface area contributed by atoms with Crippen molar-refractivity contribution in [3.05, 3.63) is 29.8 Å². The first-order valence-corrected chi connectivity index (χ1v) is 10.3. The van der Waals surface area contributed by atoms with Gasteiger partial charge in [0.1, 0.15) is 0 Å². The molecule has 0 radical (unpaired) electrons. The minimum atomic E-state index is -3.57. The largest absolute Gasteiger partial charge is 0.377 e. The summed E-state index contributed by atoms with van der Waals surface area (Å²) in [4.78, 5) is 12.2. The highest BCUT2D eigenvalue weighted by molar-refractivity contribution is 7.89. The lowest BCUT2D eigenvalue weighted by Crippen LogP contribution is -2.48. The van der Waals surface area contributed by atoms with Gasteiger partial charge in [-0.1, -0.05) is 32.9 Å². The molecule has 1 aliphatic heterocycles. The van der Waals surface area contributed by atoms with Gasteiger partial charge in [0.15, 0.2) is 0 Å². The third-order valence-electron chi connectivity index (χ3n) is 4.44. The van der Waals surface area contributed by atoms with Crippen LogP contribution in [0.2, 0.25) is 0 Å². The molecular formula is C18H30ClN3O4S. The van der Waals surface area contributed by atoms with Gasteiger partial charge < -0.3 is 15.8 Å². The highest BCUT2D eigenvalue weighted by atomic mass is 35.5. The number of hydrogen-bond donors (Lipinski definition) is 3. The molecule has 0 bridgehead atoms. The number of halogens is 1. The molecule has 9 heteroatoms. The molecule has 0 aliphatic carbocycles. The smallest absolute Gasteiger partial charge is 0.240 e. The number of benzene rings is 1. The Morgan fingerprint density at radius 3 is 2.44 bits per heavy atom. The van der Waals surface area contributed by atoms with E-state index in [2.05, 4.69) is 10.0 Å². The summed E-state index contributed by atoms with van der Waals surface area (Å²) in [5.74, 6) is -0.229. The first-order valence-electron chi connectivity index (χ1n) is 8.83. The molecule has 1 aromatic rings. The highest BCUT2D eigenvalue weighted by Crippen LogP contribution is 2.17. The Bertz CT molecular complexity index is 711. The van der Waals surface area contributed by atoms with Crippen LogP contribution in [-0.2, 0) is 26.1 Å². The van der Waals surface area contributed by atoms with E-state index in [1.165, 1.54) is 12.1 Å². The number of carbonyl (C=O) groups excluding carboxylic acids is 1. The standard InChI is InChI=1S/C18H29N3O4S.ClH/c1-18(2,3)16(19)17(22)20-11-13-6-8-15(9-7-13)26(23,24)21-12-14-5-4-10-25-14;/h6-9,14,16,21H,4-5,10-12,19H2,1-3H3,(H,20,22);1H/t14?,16-;/m1./s1. The molecule has 1 unspecified atom stereocenters. The summed E-state index contributed by atoms with van der Waals surface area (Å²) in [5.41, 5.74) is 6.40. The molecule has 1 aliphatic rings. The summed E-state index contributed by atoms with van der Waals surface area (Å²) in [6.07, 6.45) is 1.79. The van der Waals surface area contributed by atoms with Crippen LogP contribution in [0.5, 0.6) is 0 Å². The summed E-state index contributed by atoms with van der Waals surface area (Å²) in [6, 6.07) is 5.82. The van der Waals surface area contributed by atoms with E-state index < -0.39 is 16.1 Å². The number of ether oxygens (including phenoxy) is 1. The molecule has 7 nitrogen and oxygen atoms in total. The van der Waals surface area contributed by atoms with Crippen molar-refractivity contribution < 1.29 is 17.9 Å². The number of amides is 1. The normalized spacial score (nSPS) is 18.6. The Hall–Kier alpha value is -1.19. The summed E-state index contributed by atoms with van der Waals surface area (Å²) >= 11 is 0. The van der Waals surface area contributed by atoms with Crippen molar-refractivity contribution in [2.24, 2.45) is 11.1 Å². The first kappa shape index (κ1) is 23.8. The number of hydrogen-bond acceptors (Lipinski definition) is 5. The number of nitrogens with one attached hydrogen (secondary N) is 2. The maximum absolute atomic E-state index is 12.3. The van der Waals surface area contributed by atoms with E-state index in [0.717, 1.165) is 18.4 Å². The molecule has 0 aromatic heterocycles. The lowest BCUT2D eigenvalue weighted by molar-refractivity contribution is -0.124. The first-order chi connectivity index (χ1) is 12.1. The maximum Gasteiger partial charge on any atom is 0.240 e. The van der Waals surface area contributed by atoms with Crippen molar-refractivity contribution in [3.63, 3.8) is 0 Å². The van der Waals surface area contributed by atoms with Gasteiger partial charge in [0.2, 0.25) is 15.9 Å². The van der Waals surface area contributed by atoms with Crippen LogP contribution in [0.25, 0.3) is 0 Å². The molecule has 0 saturated carbocycles. The Morgan fingerprint density at radius 1 is 1.30 bits per heavy atom. The van der Waals surface area contributed by atoms with E-state index in [9.17, 15) is 13.2 Å². The number of rotatable bonds is 7. The summed E-state index contributed by atoms with van der Waals surface area (Å²) in [5, 5.41) is 2.78. The monoisotopic (exact) mass is 419 g/mol. The van der Waals surface area contributed by atoms with Gasteiger partial charge in [-0.25, -0.2) is 13.1 Å². The van der Waals surface area contributed by atoms with Crippen LogP contribution in [0.1, 0.15) is 39.2 Å². The predicted molar refractivity (Wildman–Crippen MR) is 107 cm³/mol. The van der Waals surface area contributed by atoms with Gasteiger partial charge in [0.05, 0.1) is 17.0 Å². The van der Waals surface area contributed by atoms with Crippen molar-refractivity contribution in [1.82, 2.24) is 10.0 Å². The van der Waals surface area contributed by atoms with Crippen LogP contribution in [-0.4, -0.2) is 39.6 Å². The van der Waals surface area contributed by atoms with Crippen molar-refractivity contribution in [2.45, 2.75) is 57.2 Å². The third kappa shape index (κ3) is 7.04. The molecule has 0 spiro atoms. The highest BCUT2D eigenvalue weighted by Gasteiger charge is 2.27. The second kappa shape index (κ2) is 9.84. The van der Waals surface area contributed by atoms with Gasteiger partial charge in [0, 0.05) is 19.7 Å². The van der Waals surface area contributed by atoms with Crippen LogP contribution >= 0.6 is 12.4 Å². The fraction of sp³-hybridized carbons (Fsp3) is 0.611. The molecule has 1 aromatic carbocycles. The number of sulfonamides is 1. The van der Waals surface area contributed by atoms with Gasteiger partial charge >= 0.3 is 0 Å². The lowest BCUT2D eigenvalue weighted by atomic mass is 9.87. The second-order valence-corrected chi connectivity index (χ2v) is 9.46. The molecule has 4 N–H and O–H groups in total. The van der Waals surface area contributed by atoms with Crippen LogP contribution in [0.3, 0.4) is 0 Å². The molecule has 27 heavy (non-hydrogen) atoms. The van der Waals surface area contributed by atoms with E-state index >= 15 is 0 Å². The van der Waals surface area contributed by atoms with E-state index in [0.29, 0.717) is 13.2 Å². The molecule has 1 saturated heterocycles. The van der Waals surface area contributed by atoms with Crippen LogP contribution in [0.4, 0.5) is 0 Å². The summed E-state index contributed by atoms with van der Waals surface area (Å²) < 4.78 is 32.6. The second-order valence-electron chi connectivity index (χ2n) is 7.69. The van der Waals surface area contributed by atoms with E-state index in [4.69, 9.17) is 10.5 Å². The third-order valence-corrected chi connectivity index (χ3v) is 5.88. The zero-order valence-electron chi connectivity index (χ0n) is 16.0. The zero-order valence-corrected chi connectivity index (χ0v) is 17.7. The van der Waals surface area contributed by atoms with Gasteiger partial charge in [-0.05, 0) is 36.0 Å².